The second-order valence-corrected chi connectivity index (χ2v) is 6.52. The summed E-state index contributed by atoms with van der Waals surface area (Å²) in [6, 6.07) is 17.7. The molecule has 0 aliphatic heterocycles. The van der Waals surface area contributed by atoms with Crippen molar-refractivity contribution in [3.63, 3.8) is 0 Å². The Labute approximate surface area is 159 Å². The number of imidazole rings is 1. The summed E-state index contributed by atoms with van der Waals surface area (Å²) in [7, 11) is 0. The quantitative estimate of drug-likeness (QED) is 0.254. The number of nitrogens with zero attached hydrogens (tertiary/aromatic N) is 4. The van der Waals surface area contributed by atoms with E-state index in [0.717, 1.165) is 38.8 Å². The predicted octanol–water partition coefficient (Wildman–Crippen LogP) is 3.92. The zero-order valence-electron chi connectivity index (χ0n) is 14.8. The minimum atomic E-state index is 0.485. The molecule has 0 amide bonds. The summed E-state index contributed by atoms with van der Waals surface area (Å²) < 4.78 is 0. The summed E-state index contributed by atoms with van der Waals surface area (Å²) in [4.78, 5) is 12.0. The lowest BCUT2D eigenvalue weighted by Gasteiger charge is -2.01. The minimum Gasteiger partial charge on any atom is -0.411 e. The molecule has 0 aliphatic carbocycles. The molecular formula is C21H16N6O. The van der Waals surface area contributed by atoms with Crippen molar-refractivity contribution in [1.82, 2.24) is 25.1 Å². The Morgan fingerprint density at radius 1 is 1.00 bits per heavy atom. The number of rotatable bonds is 4. The lowest BCUT2D eigenvalue weighted by Crippen LogP contribution is -2.07. The SMILES string of the molecule is O/N=C(/Cc1ccccc1)c1nc2cc3c(-c4ccncc4)n[nH]c3cc2[nH]1. The number of aromatic nitrogens is 5. The van der Waals surface area contributed by atoms with Crippen LogP contribution in [0.1, 0.15) is 11.4 Å². The van der Waals surface area contributed by atoms with E-state index in [1.54, 1.807) is 12.4 Å². The van der Waals surface area contributed by atoms with E-state index in [9.17, 15) is 5.21 Å². The zero-order chi connectivity index (χ0) is 18.9. The molecule has 3 aromatic heterocycles. The van der Waals surface area contributed by atoms with Crippen LogP contribution in [0.5, 0.6) is 0 Å². The van der Waals surface area contributed by atoms with E-state index in [2.05, 4.69) is 30.3 Å². The first-order chi connectivity index (χ1) is 13.8. The van der Waals surface area contributed by atoms with Gasteiger partial charge in [-0.05, 0) is 29.8 Å². The van der Waals surface area contributed by atoms with Crippen LogP contribution in [0.4, 0.5) is 0 Å². The van der Waals surface area contributed by atoms with Gasteiger partial charge in [0.25, 0.3) is 0 Å². The van der Waals surface area contributed by atoms with Gasteiger partial charge in [-0.2, -0.15) is 5.10 Å². The highest BCUT2D eigenvalue weighted by Crippen LogP contribution is 2.29. The van der Waals surface area contributed by atoms with E-state index in [0.29, 0.717) is 18.0 Å². The molecule has 5 aromatic rings. The number of oxime groups is 1. The standard InChI is InChI=1S/C21H16N6O/c28-27-19(10-13-4-2-1-3-5-13)21-23-17-11-15-16(12-18(17)24-21)25-26-20(15)14-6-8-22-9-7-14/h1-9,11-12,28H,10H2,(H,23,24)(H,25,26)/b27-19-. The Morgan fingerprint density at radius 3 is 2.61 bits per heavy atom. The smallest absolute Gasteiger partial charge is 0.156 e. The zero-order valence-corrected chi connectivity index (χ0v) is 14.8. The number of hydrogen-bond acceptors (Lipinski definition) is 5. The van der Waals surface area contributed by atoms with Crippen molar-refractivity contribution in [2.45, 2.75) is 6.42 Å². The maximum atomic E-state index is 9.51. The Balaban J connectivity index is 1.57. The third-order valence-corrected chi connectivity index (χ3v) is 4.73. The fourth-order valence-corrected chi connectivity index (χ4v) is 3.34. The van der Waals surface area contributed by atoms with E-state index in [1.807, 2.05) is 54.6 Å². The van der Waals surface area contributed by atoms with Gasteiger partial charge in [0.1, 0.15) is 11.4 Å². The van der Waals surface area contributed by atoms with Gasteiger partial charge in [0.15, 0.2) is 5.82 Å². The second-order valence-electron chi connectivity index (χ2n) is 6.52. The largest absolute Gasteiger partial charge is 0.411 e. The van der Waals surface area contributed by atoms with E-state index < -0.39 is 0 Å². The summed E-state index contributed by atoms with van der Waals surface area (Å²) in [6.07, 6.45) is 3.97. The molecule has 0 saturated carbocycles. The summed E-state index contributed by atoms with van der Waals surface area (Å²) in [6.45, 7) is 0. The van der Waals surface area contributed by atoms with Crippen LogP contribution >= 0.6 is 0 Å². The van der Waals surface area contributed by atoms with Crippen LogP contribution in [0.2, 0.25) is 0 Å². The van der Waals surface area contributed by atoms with Gasteiger partial charge in [-0.1, -0.05) is 35.5 Å². The molecule has 136 valence electrons. The molecule has 0 atom stereocenters. The number of H-pyrrole nitrogens is 2. The molecule has 3 heterocycles. The Hall–Kier alpha value is -4.00. The normalized spacial score (nSPS) is 12.1. The maximum absolute atomic E-state index is 9.51. The van der Waals surface area contributed by atoms with Crippen molar-refractivity contribution in [1.29, 1.82) is 0 Å². The van der Waals surface area contributed by atoms with Crippen LogP contribution in [-0.2, 0) is 6.42 Å². The number of nitrogens with one attached hydrogen (secondary N) is 2. The average Bonchev–Trinajstić information content (AvgIpc) is 3.35. The third kappa shape index (κ3) is 2.79. The highest BCUT2D eigenvalue weighted by molar-refractivity contribution is 6.04. The molecule has 0 unspecified atom stereocenters. The molecule has 2 aromatic carbocycles. The van der Waals surface area contributed by atoms with Gasteiger partial charge in [0.05, 0.1) is 16.6 Å². The Morgan fingerprint density at radius 2 is 1.82 bits per heavy atom. The van der Waals surface area contributed by atoms with Crippen LogP contribution < -0.4 is 0 Å². The highest BCUT2D eigenvalue weighted by atomic mass is 16.4. The van der Waals surface area contributed by atoms with Gasteiger partial charge in [-0.3, -0.25) is 10.1 Å². The summed E-state index contributed by atoms with van der Waals surface area (Å²) in [5.74, 6) is 0.549. The van der Waals surface area contributed by atoms with E-state index in [1.165, 1.54) is 0 Å². The van der Waals surface area contributed by atoms with Crippen molar-refractivity contribution < 1.29 is 5.21 Å². The number of aromatic amines is 2. The van der Waals surface area contributed by atoms with Gasteiger partial charge in [-0.15, -0.1) is 0 Å². The Bertz CT molecular complexity index is 1290. The summed E-state index contributed by atoms with van der Waals surface area (Å²) in [5, 5.41) is 21.5. The fourth-order valence-electron chi connectivity index (χ4n) is 3.34. The molecule has 0 aliphatic rings. The molecule has 5 rings (SSSR count). The molecule has 3 N–H and O–H groups in total. The first-order valence-electron chi connectivity index (χ1n) is 8.85. The second kappa shape index (κ2) is 6.62. The molecule has 28 heavy (non-hydrogen) atoms. The van der Waals surface area contributed by atoms with Gasteiger partial charge in [-0.25, -0.2) is 4.98 Å². The maximum Gasteiger partial charge on any atom is 0.156 e. The lowest BCUT2D eigenvalue weighted by molar-refractivity contribution is 0.318. The first-order valence-corrected chi connectivity index (χ1v) is 8.85. The first kappa shape index (κ1) is 16.2. The van der Waals surface area contributed by atoms with Crippen molar-refractivity contribution >= 4 is 27.6 Å². The number of pyridine rings is 1. The fraction of sp³-hybridized carbons (Fsp3) is 0.0476. The van der Waals surface area contributed by atoms with Crippen LogP contribution in [-0.4, -0.2) is 36.1 Å². The van der Waals surface area contributed by atoms with Gasteiger partial charge >= 0.3 is 0 Å². The van der Waals surface area contributed by atoms with Crippen LogP contribution in [0, 0.1) is 0 Å². The van der Waals surface area contributed by atoms with Crippen molar-refractivity contribution in [2.24, 2.45) is 5.16 Å². The molecule has 0 saturated heterocycles. The topological polar surface area (TPSA) is 103 Å². The third-order valence-electron chi connectivity index (χ3n) is 4.73. The molecule has 0 radical (unpaired) electrons. The van der Waals surface area contributed by atoms with E-state index >= 15 is 0 Å². The molecular weight excluding hydrogens is 352 g/mol. The number of hydrogen-bond donors (Lipinski definition) is 3. The molecule has 0 spiro atoms. The number of fused-ring (bicyclic) bond motifs is 2. The van der Waals surface area contributed by atoms with E-state index in [4.69, 9.17) is 0 Å². The van der Waals surface area contributed by atoms with Crippen molar-refractivity contribution in [3.05, 3.63) is 78.4 Å². The molecule has 0 bridgehead atoms. The minimum absolute atomic E-state index is 0.485. The van der Waals surface area contributed by atoms with Gasteiger partial charge in [0, 0.05) is 29.8 Å². The highest BCUT2D eigenvalue weighted by Gasteiger charge is 2.15. The van der Waals surface area contributed by atoms with Crippen LogP contribution in [0.25, 0.3) is 33.2 Å². The molecule has 0 fully saturated rings. The molecule has 7 heteroatoms. The Kier molecular flexibility index (Phi) is 3.83. The summed E-state index contributed by atoms with van der Waals surface area (Å²) >= 11 is 0. The molecule has 7 nitrogen and oxygen atoms in total. The van der Waals surface area contributed by atoms with Gasteiger partial charge < -0.3 is 10.2 Å². The average molecular weight is 368 g/mol. The lowest BCUT2D eigenvalue weighted by atomic mass is 10.1. The van der Waals surface area contributed by atoms with Crippen molar-refractivity contribution in [3.8, 4) is 11.3 Å². The van der Waals surface area contributed by atoms with E-state index in [-0.39, 0.29) is 0 Å². The van der Waals surface area contributed by atoms with Crippen LogP contribution in [0.15, 0.2) is 72.1 Å². The van der Waals surface area contributed by atoms with Crippen LogP contribution in [0.3, 0.4) is 0 Å². The summed E-state index contributed by atoms with van der Waals surface area (Å²) in [5.41, 5.74) is 5.91. The number of benzene rings is 2. The monoisotopic (exact) mass is 368 g/mol. The van der Waals surface area contributed by atoms with Gasteiger partial charge in [0.2, 0.25) is 0 Å². The predicted molar refractivity (Wildman–Crippen MR) is 107 cm³/mol. The van der Waals surface area contributed by atoms with Crippen molar-refractivity contribution in [2.75, 3.05) is 0 Å².